The normalized spacial score (nSPS) is 15.6. The number of ether oxygens (including phenoxy) is 1. The number of aromatic nitrogens is 2. The van der Waals surface area contributed by atoms with Crippen molar-refractivity contribution in [2.45, 2.75) is 25.5 Å². The molecule has 0 aliphatic carbocycles. The van der Waals surface area contributed by atoms with Crippen molar-refractivity contribution in [1.82, 2.24) is 14.9 Å². The van der Waals surface area contributed by atoms with Crippen molar-refractivity contribution in [1.29, 1.82) is 0 Å². The number of phenols is 1. The van der Waals surface area contributed by atoms with Gasteiger partial charge >= 0.3 is 0 Å². The second-order valence-corrected chi connectivity index (χ2v) is 9.80. The molecule has 0 spiro atoms. The Morgan fingerprint density at radius 3 is 2.87 bits per heavy atom. The summed E-state index contributed by atoms with van der Waals surface area (Å²) in [5.41, 5.74) is 9.46. The summed E-state index contributed by atoms with van der Waals surface area (Å²) in [4.78, 5) is 23.4. The van der Waals surface area contributed by atoms with E-state index in [4.69, 9.17) is 22.1 Å². The van der Waals surface area contributed by atoms with Gasteiger partial charge in [0.25, 0.3) is 0 Å². The minimum Gasteiger partial charge on any atom is -0.506 e. The average molecular weight is 545 g/mol. The lowest BCUT2D eigenvalue weighted by molar-refractivity contribution is -0.112. The minimum atomic E-state index is -0.329. The molecule has 3 heterocycles. The monoisotopic (exact) mass is 544 g/mol. The van der Waals surface area contributed by atoms with Crippen LogP contribution in [-0.4, -0.2) is 45.5 Å². The zero-order valence-corrected chi connectivity index (χ0v) is 22.2. The second-order valence-electron chi connectivity index (χ2n) is 9.39. The molecule has 9 nitrogen and oxygen atoms in total. The molecule has 0 unspecified atom stereocenters. The van der Waals surface area contributed by atoms with Crippen LogP contribution >= 0.6 is 11.6 Å². The van der Waals surface area contributed by atoms with Gasteiger partial charge in [0.05, 0.1) is 39.5 Å². The van der Waals surface area contributed by atoms with Crippen molar-refractivity contribution >= 4 is 51.2 Å². The molecule has 1 fully saturated rings. The van der Waals surface area contributed by atoms with Gasteiger partial charge < -0.3 is 26.2 Å². The summed E-state index contributed by atoms with van der Waals surface area (Å²) in [6, 6.07) is 14.3. The number of hydrogen-bond donors (Lipinski definition) is 4. The fourth-order valence-corrected chi connectivity index (χ4v) is 4.75. The van der Waals surface area contributed by atoms with E-state index in [2.05, 4.69) is 25.5 Å². The van der Waals surface area contributed by atoms with Gasteiger partial charge in [-0.2, -0.15) is 0 Å². The lowest BCUT2D eigenvalue weighted by Gasteiger charge is -2.16. The molecule has 0 saturated carbocycles. The van der Waals surface area contributed by atoms with E-state index < -0.39 is 0 Å². The Hall–Kier alpha value is -4.34. The first-order valence-corrected chi connectivity index (χ1v) is 12.9. The van der Waals surface area contributed by atoms with E-state index in [0.717, 1.165) is 25.1 Å². The van der Waals surface area contributed by atoms with Crippen LogP contribution in [0.4, 0.5) is 22.7 Å². The van der Waals surface area contributed by atoms with Crippen LogP contribution in [0, 0.1) is 0 Å². The summed E-state index contributed by atoms with van der Waals surface area (Å²) in [6.45, 7) is 1.30. The highest BCUT2D eigenvalue weighted by atomic mass is 35.5. The van der Waals surface area contributed by atoms with Gasteiger partial charge in [-0.1, -0.05) is 23.7 Å². The van der Waals surface area contributed by atoms with Gasteiger partial charge in [-0.05, 0) is 62.8 Å². The molecule has 1 saturated heterocycles. The highest BCUT2D eigenvalue weighted by Crippen LogP contribution is 2.38. The molecule has 5 rings (SSSR count). The van der Waals surface area contributed by atoms with Crippen LogP contribution < -0.4 is 21.1 Å². The van der Waals surface area contributed by atoms with Crippen LogP contribution in [0.25, 0.3) is 10.9 Å². The minimum absolute atomic E-state index is 0.0945. The van der Waals surface area contributed by atoms with Crippen molar-refractivity contribution in [3.05, 3.63) is 83.8 Å². The molecule has 4 aromatic rings. The highest BCUT2D eigenvalue weighted by Gasteiger charge is 2.18. The zero-order valence-electron chi connectivity index (χ0n) is 21.4. The van der Waals surface area contributed by atoms with Gasteiger partial charge in [0.15, 0.2) is 0 Å². The Balaban J connectivity index is 1.35. The van der Waals surface area contributed by atoms with Crippen molar-refractivity contribution in [2.24, 2.45) is 0 Å². The largest absolute Gasteiger partial charge is 0.506 e. The van der Waals surface area contributed by atoms with Crippen LogP contribution in [-0.2, 0) is 11.4 Å². The van der Waals surface area contributed by atoms with E-state index in [0.29, 0.717) is 45.3 Å². The summed E-state index contributed by atoms with van der Waals surface area (Å²) in [6.07, 6.45) is 8.74. The first-order valence-electron chi connectivity index (χ1n) is 12.6. The number of rotatable bonds is 8. The molecule has 200 valence electrons. The number of likely N-dealkylation sites (N-methyl/N-ethyl adjacent to an activating group) is 1. The van der Waals surface area contributed by atoms with Crippen molar-refractivity contribution in [3.63, 3.8) is 0 Å². The summed E-state index contributed by atoms with van der Waals surface area (Å²) < 4.78 is 5.81. The van der Waals surface area contributed by atoms with Crippen LogP contribution in [0.2, 0.25) is 5.02 Å². The molecule has 1 aliphatic heterocycles. The summed E-state index contributed by atoms with van der Waals surface area (Å²) >= 11 is 6.49. The number of fused-ring (bicyclic) bond motifs is 1. The number of nitrogens with one attached hydrogen (secondary N) is 2. The first kappa shape index (κ1) is 26.3. The van der Waals surface area contributed by atoms with Crippen LogP contribution in [0.15, 0.2) is 73.1 Å². The van der Waals surface area contributed by atoms with Crippen molar-refractivity contribution in [3.8, 4) is 11.5 Å². The molecule has 1 aliphatic rings. The number of nitrogens with zero attached hydrogens (tertiary/aromatic N) is 3. The number of carbonyl (C=O) groups is 1. The van der Waals surface area contributed by atoms with E-state index in [1.807, 2.05) is 37.4 Å². The van der Waals surface area contributed by atoms with Gasteiger partial charge in [-0.15, -0.1) is 0 Å². The maximum Gasteiger partial charge on any atom is 0.248 e. The molecule has 1 atom stereocenters. The number of benzene rings is 2. The number of pyridine rings is 2. The standard InChI is InChI=1S/C29H29ClN6O3/c1-36-12-4-6-20(36)8-10-28(38)35-25-14-21-24(15-26(25)37)33-16-23(31)29(21)34-18-7-9-27(22(30)13-18)39-17-19-5-2-3-11-32-19/h2-3,5,7-11,13-16,20,37H,4,6,12,17,31H2,1H3,(H,33,34)(H,35,38)/b10-8+/t20-/m0/s1. The SMILES string of the molecule is CN1CCC[C@H]1/C=C/C(=O)Nc1cc2c(Nc3ccc(OCc4ccccn4)c(Cl)c3)c(N)cnc2cc1O. The van der Waals surface area contributed by atoms with Gasteiger partial charge in [-0.3, -0.25) is 19.7 Å². The highest BCUT2D eigenvalue weighted by molar-refractivity contribution is 6.32. The quantitative estimate of drug-likeness (QED) is 0.170. The molecule has 0 radical (unpaired) electrons. The Morgan fingerprint density at radius 1 is 1.26 bits per heavy atom. The number of halogens is 1. The molecular formula is C29H29ClN6O3. The van der Waals surface area contributed by atoms with Gasteiger partial charge in [0.1, 0.15) is 18.1 Å². The van der Waals surface area contributed by atoms with Gasteiger partial charge in [0, 0.05) is 35.5 Å². The lowest BCUT2D eigenvalue weighted by Crippen LogP contribution is -2.23. The Bertz CT molecular complexity index is 1530. The van der Waals surface area contributed by atoms with E-state index in [1.165, 1.54) is 18.3 Å². The summed E-state index contributed by atoms with van der Waals surface area (Å²) in [5.74, 6) is 0.0968. The number of phenolic OH excluding ortho intramolecular Hbond substituents is 1. The number of nitrogens with two attached hydrogens (primary N) is 1. The number of likely N-dealkylation sites (tertiary alicyclic amines) is 1. The topological polar surface area (TPSA) is 126 Å². The maximum atomic E-state index is 12.6. The molecule has 2 aromatic heterocycles. The number of hydrogen-bond acceptors (Lipinski definition) is 8. The third-order valence-corrected chi connectivity index (χ3v) is 6.92. The summed E-state index contributed by atoms with van der Waals surface area (Å²) in [7, 11) is 2.04. The summed E-state index contributed by atoms with van der Waals surface area (Å²) in [5, 5.41) is 17.6. The Kier molecular flexibility index (Phi) is 7.81. The Morgan fingerprint density at radius 2 is 2.13 bits per heavy atom. The number of aromatic hydroxyl groups is 1. The van der Waals surface area contributed by atoms with Crippen LogP contribution in [0.5, 0.6) is 11.5 Å². The van der Waals surface area contributed by atoms with Crippen LogP contribution in [0.3, 0.4) is 0 Å². The van der Waals surface area contributed by atoms with Crippen LogP contribution in [0.1, 0.15) is 18.5 Å². The number of amides is 1. The first-order chi connectivity index (χ1) is 18.9. The third kappa shape index (κ3) is 6.22. The zero-order chi connectivity index (χ0) is 27.4. The number of anilines is 4. The van der Waals surface area contributed by atoms with Crippen molar-refractivity contribution < 1.29 is 14.6 Å². The predicted octanol–water partition coefficient (Wildman–Crippen LogP) is 5.48. The van der Waals surface area contributed by atoms with Crippen molar-refractivity contribution in [2.75, 3.05) is 30.0 Å². The number of carbonyl (C=O) groups excluding carboxylic acids is 1. The smallest absolute Gasteiger partial charge is 0.248 e. The molecule has 0 bridgehead atoms. The van der Waals surface area contributed by atoms with E-state index in [9.17, 15) is 9.90 Å². The average Bonchev–Trinajstić information content (AvgIpc) is 3.34. The van der Waals surface area contributed by atoms with E-state index in [1.54, 1.807) is 24.4 Å². The van der Waals surface area contributed by atoms with E-state index >= 15 is 0 Å². The fourth-order valence-electron chi connectivity index (χ4n) is 4.51. The van der Waals surface area contributed by atoms with Gasteiger partial charge in [-0.25, -0.2) is 0 Å². The molecule has 10 heteroatoms. The molecule has 5 N–H and O–H groups in total. The maximum absolute atomic E-state index is 12.6. The number of nitrogen functional groups attached to an aromatic ring is 1. The lowest BCUT2D eigenvalue weighted by atomic mass is 10.1. The predicted molar refractivity (Wildman–Crippen MR) is 155 cm³/mol. The Labute approximate surface area is 231 Å². The third-order valence-electron chi connectivity index (χ3n) is 6.62. The van der Waals surface area contributed by atoms with E-state index in [-0.39, 0.29) is 23.4 Å². The molecule has 1 amide bonds. The molecular weight excluding hydrogens is 516 g/mol. The molecule has 2 aromatic carbocycles. The van der Waals surface area contributed by atoms with Gasteiger partial charge in [0.2, 0.25) is 5.91 Å². The second kappa shape index (κ2) is 11.6. The molecule has 39 heavy (non-hydrogen) atoms. The fraction of sp³-hybridized carbons (Fsp3) is 0.207.